The van der Waals surface area contributed by atoms with Crippen molar-refractivity contribution in [2.75, 3.05) is 23.5 Å². The molecule has 1 aromatic heterocycles. The summed E-state index contributed by atoms with van der Waals surface area (Å²) in [6, 6.07) is 11.8. The number of ether oxygens (including phenoxy) is 1. The Balaban J connectivity index is 2.02. The van der Waals surface area contributed by atoms with Gasteiger partial charge >= 0.3 is 5.97 Å². The van der Waals surface area contributed by atoms with Gasteiger partial charge in [0, 0.05) is 16.7 Å². The highest BCUT2D eigenvalue weighted by Crippen LogP contribution is 2.39. The van der Waals surface area contributed by atoms with E-state index in [1.165, 1.54) is 18.4 Å². The summed E-state index contributed by atoms with van der Waals surface area (Å²) in [6.07, 6.45) is 2.90. The van der Waals surface area contributed by atoms with E-state index in [4.69, 9.17) is 4.74 Å². The predicted molar refractivity (Wildman–Crippen MR) is 100.0 cm³/mol. The normalized spacial score (nSPS) is 17.3. The average molecular weight is 361 g/mol. The van der Waals surface area contributed by atoms with E-state index in [0.717, 1.165) is 41.2 Å². The number of anilines is 1. The molecule has 1 amide bonds. The number of esters is 1. The lowest BCUT2D eigenvalue weighted by Gasteiger charge is -2.30. The number of amides is 1. The van der Waals surface area contributed by atoms with Gasteiger partial charge < -0.3 is 9.64 Å². The summed E-state index contributed by atoms with van der Waals surface area (Å²) in [7, 11) is 1.37. The SMILES string of the molecule is COC(=O)c1cc(-c2ccccc2)sc1N(C=O)C1CCCSC1. The van der Waals surface area contributed by atoms with Gasteiger partial charge in [-0.3, -0.25) is 4.79 Å². The van der Waals surface area contributed by atoms with Gasteiger partial charge in [0.25, 0.3) is 0 Å². The van der Waals surface area contributed by atoms with Crippen LogP contribution in [0.3, 0.4) is 0 Å². The molecule has 1 aromatic carbocycles. The molecule has 6 heteroatoms. The number of methoxy groups -OCH3 is 1. The van der Waals surface area contributed by atoms with Crippen LogP contribution >= 0.6 is 23.1 Å². The largest absolute Gasteiger partial charge is 0.465 e. The van der Waals surface area contributed by atoms with E-state index in [-0.39, 0.29) is 6.04 Å². The summed E-state index contributed by atoms with van der Waals surface area (Å²) < 4.78 is 4.93. The second kappa shape index (κ2) is 7.85. The van der Waals surface area contributed by atoms with Crippen molar-refractivity contribution in [3.05, 3.63) is 42.0 Å². The Morgan fingerprint density at radius 1 is 1.33 bits per heavy atom. The molecule has 126 valence electrons. The number of hydrogen-bond acceptors (Lipinski definition) is 5. The van der Waals surface area contributed by atoms with Crippen LogP contribution in [-0.4, -0.2) is 37.0 Å². The number of rotatable bonds is 5. The number of thioether (sulfide) groups is 1. The highest BCUT2D eigenvalue weighted by atomic mass is 32.2. The highest BCUT2D eigenvalue weighted by molar-refractivity contribution is 7.99. The molecule has 1 aliphatic rings. The fraction of sp³-hybridized carbons (Fsp3) is 0.333. The van der Waals surface area contributed by atoms with Gasteiger partial charge in [-0.05, 0) is 30.2 Å². The fourth-order valence-corrected chi connectivity index (χ4v) is 5.14. The summed E-state index contributed by atoms with van der Waals surface area (Å²) in [4.78, 5) is 26.7. The lowest BCUT2D eigenvalue weighted by Crippen LogP contribution is -2.38. The zero-order valence-electron chi connectivity index (χ0n) is 13.4. The Bertz CT molecular complexity index is 708. The summed E-state index contributed by atoms with van der Waals surface area (Å²) in [5.74, 6) is 1.63. The van der Waals surface area contributed by atoms with Gasteiger partial charge in [0.1, 0.15) is 5.00 Å². The first-order valence-corrected chi connectivity index (χ1v) is 9.80. The fourth-order valence-electron chi connectivity index (χ4n) is 2.82. The third kappa shape index (κ3) is 3.49. The Morgan fingerprint density at radius 3 is 2.75 bits per heavy atom. The third-order valence-electron chi connectivity index (χ3n) is 4.05. The lowest BCUT2D eigenvalue weighted by molar-refractivity contribution is -0.107. The molecule has 0 spiro atoms. The number of benzene rings is 1. The van der Waals surface area contributed by atoms with Crippen LogP contribution in [0.1, 0.15) is 23.2 Å². The molecule has 1 aliphatic heterocycles. The van der Waals surface area contributed by atoms with Crippen molar-refractivity contribution in [2.45, 2.75) is 18.9 Å². The molecule has 0 bridgehead atoms. The van der Waals surface area contributed by atoms with Crippen molar-refractivity contribution in [1.29, 1.82) is 0 Å². The molecule has 24 heavy (non-hydrogen) atoms. The Morgan fingerprint density at radius 2 is 2.12 bits per heavy atom. The molecule has 1 fully saturated rings. The van der Waals surface area contributed by atoms with Crippen molar-refractivity contribution in [3.8, 4) is 10.4 Å². The van der Waals surface area contributed by atoms with Crippen LogP contribution in [0.15, 0.2) is 36.4 Å². The molecule has 1 unspecified atom stereocenters. The van der Waals surface area contributed by atoms with E-state index in [1.54, 1.807) is 4.90 Å². The second-order valence-corrected chi connectivity index (χ2v) is 7.75. The maximum Gasteiger partial charge on any atom is 0.340 e. The van der Waals surface area contributed by atoms with Gasteiger partial charge in [0.2, 0.25) is 6.41 Å². The molecule has 0 radical (unpaired) electrons. The number of hydrogen-bond donors (Lipinski definition) is 0. The van der Waals surface area contributed by atoms with Crippen LogP contribution in [0.5, 0.6) is 0 Å². The maximum absolute atomic E-state index is 12.2. The zero-order valence-corrected chi connectivity index (χ0v) is 15.1. The van der Waals surface area contributed by atoms with Crippen LogP contribution in [0, 0.1) is 0 Å². The molecule has 2 heterocycles. The zero-order chi connectivity index (χ0) is 16.9. The smallest absolute Gasteiger partial charge is 0.340 e. The molecular formula is C18H19NO3S2. The van der Waals surface area contributed by atoms with Gasteiger partial charge in [-0.2, -0.15) is 11.8 Å². The van der Waals surface area contributed by atoms with Crippen LogP contribution < -0.4 is 4.90 Å². The van der Waals surface area contributed by atoms with Crippen molar-refractivity contribution < 1.29 is 14.3 Å². The van der Waals surface area contributed by atoms with Crippen molar-refractivity contribution >= 4 is 40.5 Å². The Labute approximate surface area is 149 Å². The monoisotopic (exact) mass is 361 g/mol. The summed E-state index contributed by atoms with van der Waals surface area (Å²) >= 11 is 3.32. The third-order valence-corrected chi connectivity index (χ3v) is 6.45. The van der Waals surface area contributed by atoms with Gasteiger partial charge in [-0.25, -0.2) is 4.79 Å². The number of nitrogens with zero attached hydrogens (tertiary/aromatic N) is 1. The Hall–Kier alpha value is -1.79. The molecule has 4 nitrogen and oxygen atoms in total. The van der Waals surface area contributed by atoms with E-state index in [9.17, 15) is 9.59 Å². The number of carbonyl (C=O) groups is 2. The van der Waals surface area contributed by atoms with E-state index in [1.807, 2.05) is 48.2 Å². The second-order valence-electron chi connectivity index (χ2n) is 5.57. The Kier molecular flexibility index (Phi) is 5.58. The summed E-state index contributed by atoms with van der Waals surface area (Å²) in [5, 5.41) is 0.684. The van der Waals surface area contributed by atoms with Crippen LogP contribution in [0.25, 0.3) is 10.4 Å². The van der Waals surface area contributed by atoms with Crippen molar-refractivity contribution in [3.63, 3.8) is 0 Å². The highest BCUT2D eigenvalue weighted by Gasteiger charge is 2.28. The molecule has 2 aromatic rings. The lowest BCUT2D eigenvalue weighted by atomic mass is 10.1. The molecule has 0 N–H and O–H groups in total. The minimum atomic E-state index is -0.404. The van der Waals surface area contributed by atoms with Gasteiger partial charge in [0.05, 0.1) is 12.7 Å². The maximum atomic E-state index is 12.2. The summed E-state index contributed by atoms with van der Waals surface area (Å²) in [5.41, 5.74) is 1.49. The minimum Gasteiger partial charge on any atom is -0.465 e. The van der Waals surface area contributed by atoms with Crippen molar-refractivity contribution in [2.24, 2.45) is 0 Å². The standard InChI is InChI=1S/C18H19NO3S2/c1-22-18(21)15-10-16(13-6-3-2-4-7-13)24-17(15)19(12-20)14-8-5-9-23-11-14/h2-4,6-7,10,12,14H,5,8-9,11H2,1H3. The first-order valence-electron chi connectivity index (χ1n) is 7.83. The molecule has 3 rings (SSSR count). The first kappa shape index (κ1) is 17.0. The van der Waals surface area contributed by atoms with E-state index in [2.05, 4.69) is 0 Å². The predicted octanol–water partition coefficient (Wildman–Crippen LogP) is 4.06. The molecule has 0 aliphatic carbocycles. The molecule has 0 saturated carbocycles. The van der Waals surface area contributed by atoms with Gasteiger partial charge in [-0.1, -0.05) is 30.3 Å². The number of thiophene rings is 1. The van der Waals surface area contributed by atoms with E-state index in [0.29, 0.717) is 10.6 Å². The van der Waals surface area contributed by atoms with Crippen molar-refractivity contribution in [1.82, 2.24) is 0 Å². The van der Waals surface area contributed by atoms with E-state index >= 15 is 0 Å². The van der Waals surface area contributed by atoms with E-state index < -0.39 is 5.97 Å². The molecular weight excluding hydrogens is 342 g/mol. The first-order chi connectivity index (χ1) is 11.7. The summed E-state index contributed by atoms with van der Waals surface area (Å²) in [6.45, 7) is 0. The quantitative estimate of drug-likeness (QED) is 0.595. The minimum absolute atomic E-state index is 0.131. The van der Waals surface area contributed by atoms with Crippen LogP contribution in [0.2, 0.25) is 0 Å². The average Bonchev–Trinajstić information content (AvgIpc) is 3.08. The molecule has 1 saturated heterocycles. The number of carbonyl (C=O) groups excluding carboxylic acids is 2. The topological polar surface area (TPSA) is 46.6 Å². The van der Waals surface area contributed by atoms with Gasteiger partial charge in [-0.15, -0.1) is 11.3 Å². The van der Waals surface area contributed by atoms with Gasteiger partial charge in [0.15, 0.2) is 0 Å². The van der Waals surface area contributed by atoms with Crippen LogP contribution in [0.4, 0.5) is 5.00 Å². The molecule has 1 atom stereocenters. The van der Waals surface area contributed by atoms with Crippen LogP contribution in [-0.2, 0) is 9.53 Å².